The molecule has 5 rings (SSSR count). The summed E-state index contributed by atoms with van der Waals surface area (Å²) in [5, 5.41) is 1.20. The van der Waals surface area contributed by atoms with Crippen LogP contribution in [0.5, 0.6) is 0 Å². The Balaban J connectivity index is 1.49. The first kappa shape index (κ1) is 24.1. The highest BCUT2D eigenvalue weighted by Crippen LogP contribution is 2.36. The van der Waals surface area contributed by atoms with Crippen LogP contribution < -0.4 is 4.90 Å². The van der Waals surface area contributed by atoms with Gasteiger partial charge in [0.25, 0.3) is 0 Å². The summed E-state index contributed by atoms with van der Waals surface area (Å²) in [6, 6.07) is 19.4. The Hall–Kier alpha value is -2.60. The molecule has 0 amide bonds. The van der Waals surface area contributed by atoms with E-state index >= 15 is 0 Å². The third kappa shape index (κ3) is 5.18. The Labute approximate surface area is 218 Å². The van der Waals surface area contributed by atoms with Gasteiger partial charge >= 0.3 is 0 Å². The van der Waals surface area contributed by atoms with Crippen LogP contribution in [-0.4, -0.2) is 53.3 Å². The maximum atomic E-state index is 6.47. The van der Waals surface area contributed by atoms with Gasteiger partial charge in [0, 0.05) is 51.7 Å². The molecule has 0 bridgehead atoms. The first-order valence-electron chi connectivity index (χ1n) is 12.3. The number of halogens is 2. The van der Waals surface area contributed by atoms with Crippen molar-refractivity contribution in [2.45, 2.75) is 26.4 Å². The van der Waals surface area contributed by atoms with Crippen molar-refractivity contribution in [3.8, 4) is 0 Å². The number of hydrogen-bond acceptors (Lipinski definition) is 5. The van der Waals surface area contributed by atoms with Gasteiger partial charge in [-0.1, -0.05) is 85.6 Å². The lowest BCUT2D eigenvalue weighted by atomic mass is 9.99. The van der Waals surface area contributed by atoms with Crippen LogP contribution in [0.1, 0.15) is 31.0 Å². The smallest absolute Gasteiger partial charge is 0.127 e. The molecule has 7 heteroatoms. The number of anilines is 1. The number of fused-ring (bicyclic) bond motifs is 1. The van der Waals surface area contributed by atoms with Crippen molar-refractivity contribution in [2.24, 2.45) is 10.9 Å². The quantitative estimate of drug-likeness (QED) is 0.383. The highest BCUT2D eigenvalue weighted by atomic mass is 35.5. The van der Waals surface area contributed by atoms with Crippen LogP contribution in [0.15, 0.2) is 72.0 Å². The highest BCUT2D eigenvalue weighted by molar-refractivity contribution is 6.38. The summed E-state index contributed by atoms with van der Waals surface area (Å²) in [4.78, 5) is 16.7. The molecule has 2 aliphatic rings. The van der Waals surface area contributed by atoms with Crippen molar-refractivity contribution in [1.82, 2.24) is 14.8 Å². The van der Waals surface area contributed by atoms with Crippen molar-refractivity contribution in [3.05, 3.63) is 88.2 Å². The molecule has 1 aromatic heterocycles. The molecule has 1 atom stereocenters. The van der Waals surface area contributed by atoms with E-state index in [0.29, 0.717) is 16.0 Å². The van der Waals surface area contributed by atoms with E-state index in [1.165, 1.54) is 11.1 Å². The van der Waals surface area contributed by atoms with Crippen molar-refractivity contribution >= 4 is 40.4 Å². The first-order chi connectivity index (χ1) is 17.0. The zero-order chi connectivity index (χ0) is 24.4. The van der Waals surface area contributed by atoms with Crippen LogP contribution in [0, 0.1) is 5.92 Å². The predicted molar refractivity (Wildman–Crippen MR) is 146 cm³/mol. The SMILES string of the molecule is CC(C)CN1Cc2ccccc2N=C1C(c1ccccc1)N1CCN(c2c(Cl)cncc2Cl)CC1. The number of nitrogens with zero attached hydrogens (tertiary/aromatic N) is 5. The molecule has 0 N–H and O–H groups in total. The summed E-state index contributed by atoms with van der Waals surface area (Å²) in [6.45, 7) is 9.84. The Bertz CT molecular complexity index is 1170. The van der Waals surface area contributed by atoms with Crippen LogP contribution in [0.4, 0.5) is 11.4 Å². The van der Waals surface area contributed by atoms with Crippen molar-refractivity contribution in [2.75, 3.05) is 37.6 Å². The molecule has 3 heterocycles. The van der Waals surface area contributed by atoms with E-state index in [-0.39, 0.29) is 6.04 Å². The number of aromatic nitrogens is 1. The Morgan fingerprint density at radius 3 is 2.20 bits per heavy atom. The van der Waals surface area contributed by atoms with Crippen LogP contribution in [-0.2, 0) is 6.54 Å². The maximum Gasteiger partial charge on any atom is 0.127 e. The van der Waals surface area contributed by atoms with Crippen LogP contribution in [0.3, 0.4) is 0 Å². The van der Waals surface area contributed by atoms with Gasteiger partial charge in [-0.25, -0.2) is 4.99 Å². The van der Waals surface area contributed by atoms with Gasteiger partial charge in [-0.15, -0.1) is 0 Å². The lowest BCUT2D eigenvalue weighted by Gasteiger charge is -2.44. The van der Waals surface area contributed by atoms with E-state index in [9.17, 15) is 0 Å². The van der Waals surface area contributed by atoms with E-state index in [1.54, 1.807) is 12.4 Å². The van der Waals surface area contributed by atoms with Crippen LogP contribution in [0.2, 0.25) is 10.0 Å². The minimum atomic E-state index is 0.0776. The first-order valence-corrected chi connectivity index (χ1v) is 13.0. The lowest BCUT2D eigenvalue weighted by molar-refractivity contribution is 0.209. The molecule has 1 unspecified atom stereocenters. The molecule has 5 nitrogen and oxygen atoms in total. The Morgan fingerprint density at radius 1 is 0.857 bits per heavy atom. The molecule has 1 saturated heterocycles. The van der Waals surface area contributed by atoms with E-state index in [2.05, 4.69) is 88.1 Å². The van der Waals surface area contributed by atoms with Gasteiger partial charge in [0.05, 0.1) is 27.5 Å². The fourth-order valence-corrected chi connectivity index (χ4v) is 5.74. The fraction of sp³-hybridized carbons (Fsp3) is 0.357. The number of rotatable bonds is 6. The zero-order valence-electron chi connectivity index (χ0n) is 20.2. The van der Waals surface area contributed by atoms with Crippen molar-refractivity contribution < 1.29 is 0 Å². The molecule has 182 valence electrons. The van der Waals surface area contributed by atoms with Crippen LogP contribution in [0.25, 0.3) is 0 Å². The molecule has 2 aliphatic heterocycles. The summed E-state index contributed by atoms with van der Waals surface area (Å²) in [7, 11) is 0. The number of para-hydroxylation sites is 1. The Morgan fingerprint density at radius 2 is 1.51 bits per heavy atom. The summed E-state index contributed by atoms with van der Waals surface area (Å²) in [5.41, 5.74) is 4.52. The molecular formula is C28H31Cl2N5. The second-order valence-electron chi connectivity index (χ2n) is 9.66. The standard InChI is InChI=1S/C28H31Cl2N5/c1-20(2)18-35-19-22-10-6-7-11-25(22)32-28(35)26(21-8-4-3-5-9-21)33-12-14-34(15-13-33)27-23(29)16-31-17-24(27)30/h3-11,16-17,20,26H,12-15,18-19H2,1-2H3. The van der Waals surface area contributed by atoms with Gasteiger partial charge < -0.3 is 9.80 Å². The third-order valence-corrected chi connectivity index (χ3v) is 7.23. The van der Waals surface area contributed by atoms with Gasteiger partial charge in [0.2, 0.25) is 0 Å². The second kappa shape index (κ2) is 10.6. The average Bonchev–Trinajstić information content (AvgIpc) is 2.85. The van der Waals surface area contributed by atoms with Crippen molar-refractivity contribution in [3.63, 3.8) is 0 Å². The predicted octanol–water partition coefficient (Wildman–Crippen LogP) is 6.45. The van der Waals surface area contributed by atoms with Crippen LogP contribution >= 0.6 is 23.2 Å². The van der Waals surface area contributed by atoms with Gasteiger partial charge in [-0.3, -0.25) is 9.88 Å². The van der Waals surface area contributed by atoms with Gasteiger partial charge in [0.1, 0.15) is 5.84 Å². The van der Waals surface area contributed by atoms with E-state index in [4.69, 9.17) is 28.2 Å². The minimum absolute atomic E-state index is 0.0776. The number of piperazine rings is 1. The van der Waals surface area contributed by atoms with E-state index in [1.807, 2.05) is 0 Å². The number of amidine groups is 1. The molecule has 2 aromatic carbocycles. The summed E-state index contributed by atoms with van der Waals surface area (Å²) in [5.74, 6) is 1.67. The lowest BCUT2D eigenvalue weighted by Crippen LogP contribution is -2.52. The second-order valence-corrected chi connectivity index (χ2v) is 10.5. The average molecular weight is 508 g/mol. The monoisotopic (exact) mass is 507 g/mol. The minimum Gasteiger partial charge on any atom is -0.366 e. The number of aliphatic imine (C=N–C) groups is 1. The van der Waals surface area contributed by atoms with Crippen molar-refractivity contribution in [1.29, 1.82) is 0 Å². The fourth-order valence-electron chi connectivity index (χ4n) is 5.14. The molecule has 35 heavy (non-hydrogen) atoms. The number of hydrogen-bond donors (Lipinski definition) is 0. The Kier molecular flexibility index (Phi) is 7.28. The molecule has 0 aliphatic carbocycles. The molecule has 1 fully saturated rings. The highest BCUT2D eigenvalue weighted by Gasteiger charge is 2.34. The van der Waals surface area contributed by atoms with E-state index in [0.717, 1.165) is 56.5 Å². The molecule has 0 radical (unpaired) electrons. The van der Waals surface area contributed by atoms with E-state index < -0.39 is 0 Å². The third-order valence-electron chi connectivity index (χ3n) is 6.68. The largest absolute Gasteiger partial charge is 0.366 e. The summed E-state index contributed by atoms with van der Waals surface area (Å²) >= 11 is 12.9. The number of benzene rings is 2. The summed E-state index contributed by atoms with van der Waals surface area (Å²) < 4.78 is 0. The zero-order valence-corrected chi connectivity index (χ0v) is 21.8. The van der Waals surface area contributed by atoms with Gasteiger partial charge in [0.15, 0.2) is 0 Å². The summed E-state index contributed by atoms with van der Waals surface area (Å²) in [6.07, 6.45) is 3.33. The molecule has 0 spiro atoms. The molecule has 3 aromatic rings. The van der Waals surface area contributed by atoms with Gasteiger partial charge in [-0.05, 0) is 23.1 Å². The molecule has 0 saturated carbocycles. The maximum absolute atomic E-state index is 6.47. The topological polar surface area (TPSA) is 35.0 Å². The van der Waals surface area contributed by atoms with Gasteiger partial charge in [-0.2, -0.15) is 0 Å². The molecular weight excluding hydrogens is 477 g/mol. The normalized spacial score (nSPS) is 17.3. The number of pyridine rings is 1.